The summed E-state index contributed by atoms with van der Waals surface area (Å²) in [6, 6.07) is 8.34. The normalized spacial score (nSPS) is 14.9. The summed E-state index contributed by atoms with van der Waals surface area (Å²) >= 11 is 0. The van der Waals surface area contributed by atoms with E-state index in [9.17, 15) is 4.21 Å². The van der Waals surface area contributed by atoms with Crippen LogP contribution < -0.4 is 5.32 Å². The van der Waals surface area contributed by atoms with Crippen molar-refractivity contribution < 1.29 is 4.21 Å². The Balaban J connectivity index is 1.99. The average molecular weight is 250 g/mol. The first kappa shape index (κ1) is 12.3. The van der Waals surface area contributed by atoms with Gasteiger partial charge in [-0.25, -0.2) is 0 Å². The highest BCUT2D eigenvalue weighted by atomic mass is 32.2. The van der Waals surface area contributed by atoms with Crippen molar-refractivity contribution in [1.29, 1.82) is 0 Å². The number of benzene rings is 1. The summed E-state index contributed by atoms with van der Waals surface area (Å²) in [6.45, 7) is 3.60. The molecule has 0 fully saturated rings. The molecular weight excluding hydrogens is 232 g/mol. The van der Waals surface area contributed by atoms with Gasteiger partial charge in [-0.1, -0.05) is 12.1 Å². The van der Waals surface area contributed by atoms with Crippen molar-refractivity contribution in [3.63, 3.8) is 0 Å². The minimum Gasteiger partial charge on any atom is -0.361 e. The third kappa shape index (κ3) is 2.96. The third-order valence-electron chi connectivity index (χ3n) is 3.00. The topological polar surface area (TPSA) is 44.9 Å². The van der Waals surface area contributed by atoms with Gasteiger partial charge in [-0.2, -0.15) is 0 Å². The predicted molar refractivity (Wildman–Crippen MR) is 73.5 cm³/mol. The van der Waals surface area contributed by atoms with Crippen LogP contribution in [0, 0.1) is 0 Å². The van der Waals surface area contributed by atoms with Crippen molar-refractivity contribution in [2.45, 2.75) is 18.7 Å². The number of H-pyrrole nitrogens is 1. The second kappa shape index (κ2) is 5.47. The van der Waals surface area contributed by atoms with Crippen LogP contribution in [0.4, 0.5) is 0 Å². The molecule has 92 valence electrons. The largest absolute Gasteiger partial charge is 0.361 e. The lowest BCUT2D eigenvalue weighted by molar-refractivity contribution is 0.648. The van der Waals surface area contributed by atoms with Gasteiger partial charge in [-0.05, 0) is 24.6 Å². The lowest BCUT2D eigenvalue weighted by atomic mass is 10.1. The molecule has 0 aliphatic rings. The van der Waals surface area contributed by atoms with E-state index in [4.69, 9.17) is 0 Å². The van der Waals surface area contributed by atoms with Crippen molar-refractivity contribution >= 4 is 21.7 Å². The number of aromatic amines is 1. The molecule has 2 rings (SSSR count). The van der Waals surface area contributed by atoms with E-state index in [2.05, 4.69) is 34.6 Å². The summed E-state index contributed by atoms with van der Waals surface area (Å²) in [5, 5.41) is 4.81. The van der Waals surface area contributed by atoms with E-state index in [1.807, 2.05) is 13.1 Å². The first-order valence-electron chi connectivity index (χ1n) is 5.76. The summed E-state index contributed by atoms with van der Waals surface area (Å²) in [6.07, 6.45) is 3.71. The molecule has 2 atom stereocenters. The molecular formula is C13H18N2OS. The summed E-state index contributed by atoms with van der Waals surface area (Å²) in [4.78, 5) is 3.20. The molecule has 1 aromatic carbocycles. The molecule has 0 saturated heterocycles. The standard InChI is InChI=1S/C13H18N2OS/c1-10(17(2)16)8-14-9-11-4-3-5-13-12(11)6-7-15-13/h3-7,10,14-15H,8-9H2,1-2H3. The first-order valence-corrected chi connectivity index (χ1v) is 7.38. The summed E-state index contributed by atoms with van der Waals surface area (Å²) in [5.74, 6) is 0. The molecule has 2 unspecified atom stereocenters. The fraction of sp³-hybridized carbons (Fsp3) is 0.385. The van der Waals surface area contributed by atoms with E-state index < -0.39 is 10.8 Å². The van der Waals surface area contributed by atoms with E-state index in [0.29, 0.717) is 0 Å². The number of fused-ring (bicyclic) bond motifs is 1. The maximum Gasteiger partial charge on any atom is 0.0457 e. The van der Waals surface area contributed by atoms with Crippen molar-refractivity contribution in [3.8, 4) is 0 Å². The Morgan fingerprint density at radius 3 is 3.00 bits per heavy atom. The molecule has 1 heterocycles. The van der Waals surface area contributed by atoms with E-state index >= 15 is 0 Å². The fourth-order valence-corrected chi connectivity index (χ4v) is 2.18. The average Bonchev–Trinajstić information content (AvgIpc) is 2.77. The van der Waals surface area contributed by atoms with Crippen LogP contribution in [0.5, 0.6) is 0 Å². The van der Waals surface area contributed by atoms with Gasteiger partial charge in [0.15, 0.2) is 0 Å². The Morgan fingerprint density at radius 2 is 2.24 bits per heavy atom. The van der Waals surface area contributed by atoms with Crippen molar-refractivity contribution in [2.24, 2.45) is 0 Å². The second-order valence-corrected chi connectivity index (χ2v) is 6.10. The van der Waals surface area contributed by atoms with Crippen LogP contribution in [0.2, 0.25) is 0 Å². The predicted octanol–water partition coefficient (Wildman–Crippen LogP) is 2.02. The van der Waals surface area contributed by atoms with Gasteiger partial charge in [-0.3, -0.25) is 4.21 Å². The lowest BCUT2D eigenvalue weighted by Crippen LogP contribution is -2.27. The van der Waals surface area contributed by atoms with Crippen LogP contribution in [-0.4, -0.2) is 27.2 Å². The van der Waals surface area contributed by atoms with Crippen LogP contribution in [0.3, 0.4) is 0 Å². The maximum atomic E-state index is 11.2. The Hall–Kier alpha value is -1.13. The van der Waals surface area contributed by atoms with E-state index in [0.717, 1.165) is 18.6 Å². The Bertz CT molecular complexity index is 521. The molecule has 1 aromatic heterocycles. The van der Waals surface area contributed by atoms with Gasteiger partial charge >= 0.3 is 0 Å². The Labute approximate surface area is 104 Å². The molecule has 2 aromatic rings. The van der Waals surface area contributed by atoms with Crippen LogP contribution in [0.25, 0.3) is 10.9 Å². The van der Waals surface area contributed by atoms with Gasteiger partial charge in [0.1, 0.15) is 0 Å². The lowest BCUT2D eigenvalue weighted by Gasteiger charge is -2.10. The van der Waals surface area contributed by atoms with Gasteiger partial charge < -0.3 is 10.3 Å². The van der Waals surface area contributed by atoms with Gasteiger partial charge in [-0.15, -0.1) is 0 Å². The van der Waals surface area contributed by atoms with E-state index in [-0.39, 0.29) is 5.25 Å². The van der Waals surface area contributed by atoms with Crippen LogP contribution in [0.15, 0.2) is 30.5 Å². The van der Waals surface area contributed by atoms with Crippen LogP contribution in [0.1, 0.15) is 12.5 Å². The quantitative estimate of drug-likeness (QED) is 0.853. The molecule has 3 nitrogen and oxygen atoms in total. The second-order valence-electron chi connectivity index (χ2n) is 4.30. The number of nitrogens with one attached hydrogen (secondary N) is 2. The zero-order valence-corrected chi connectivity index (χ0v) is 11.0. The van der Waals surface area contributed by atoms with Crippen LogP contribution in [-0.2, 0) is 17.3 Å². The highest BCUT2D eigenvalue weighted by molar-refractivity contribution is 7.84. The molecule has 0 saturated carbocycles. The molecule has 4 heteroatoms. The summed E-state index contributed by atoms with van der Waals surface area (Å²) in [7, 11) is -0.756. The Morgan fingerprint density at radius 1 is 1.41 bits per heavy atom. The monoisotopic (exact) mass is 250 g/mol. The number of rotatable bonds is 5. The molecule has 0 spiro atoms. The smallest absolute Gasteiger partial charge is 0.0457 e. The molecule has 17 heavy (non-hydrogen) atoms. The highest BCUT2D eigenvalue weighted by Crippen LogP contribution is 2.16. The molecule has 0 aliphatic carbocycles. The van der Waals surface area contributed by atoms with E-state index in [1.54, 1.807) is 6.26 Å². The summed E-state index contributed by atoms with van der Waals surface area (Å²) < 4.78 is 11.2. The minimum atomic E-state index is -0.756. The van der Waals surface area contributed by atoms with E-state index in [1.165, 1.54) is 10.9 Å². The fourth-order valence-electron chi connectivity index (χ4n) is 1.83. The van der Waals surface area contributed by atoms with Gasteiger partial charge in [0.2, 0.25) is 0 Å². The van der Waals surface area contributed by atoms with Crippen LogP contribution >= 0.6 is 0 Å². The minimum absolute atomic E-state index is 0.195. The number of hydrogen-bond donors (Lipinski definition) is 2. The third-order valence-corrected chi connectivity index (χ3v) is 4.30. The molecule has 0 amide bonds. The van der Waals surface area contributed by atoms with Gasteiger partial charge in [0, 0.05) is 52.5 Å². The first-order chi connectivity index (χ1) is 8.18. The zero-order valence-electron chi connectivity index (χ0n) is 10.2. The maximum absolute atomic E-state index is 11.2. The summed E-state index contributed by atoms with van der Waals surface area (Å²) in [5.41, 5.74) is 2.44. The Kier molecular flexibility index (Phi) is 3.97. The van der Waals surface area contributed by atoms with Gasteiger partial charge in [0.05, 0.1) is 0 Å². The SMILES string of the molecule is CC(CNCc1cccc2[nH]ccc12)S(C)=O. The molecule has 2 N–H and O–H groups in total. The molecule has 0 radical (unpaired) electrons. The molecule has 0 aliphatic heterocycles. The van der Waals surface area contributed by atoms with Crippen molar-refractivity contribution in [2.75, 3.05) is 12.8 Å². The number of hydrogen-bond acceptors (Lipinski definition) is 2. The molecule has 0 bridgehead atoms. The van der Waals surface area contributed by atoms with Gasteiger partial charge in [0.25, 0.3) is 0 Å². The number of aromatic nitrogens is 1. The highest BCUT2D eigenvalue weighted by Gasteiger charge is 2.06. The van der Waals surface area contributed by atoms with Crippen molar-refractivity contribution in [3.05, 3.63) is 36.0 Å². The van der Waals surface area contributed by atoms with Crippen molar-refractivity contribution in [1.82, 2.24) is 10.3 Å². The zero-order chi connectivity index (χ0) is 12.3.